The van der Waals surface area contributed by atoms with Crippen molar-refractivity contribution in [3.8, 4) is 0 Å². The first kappa shape index (κ1) is 31.7. The predicted octanol–water partition coefficient (Wildman–Crippen LogP) is 6.03. The van der Waals surface area contributed by atoms with Gasteiger partial charge in [-0.3, -0.25) is 4.79 Å². The molecule has 0 unspecified atom stereocenters. The molecule has 2 fully saturated rings. The van der Waals surface area contributed by atoms with Gasteiger partial charge in [-0.25, -0.2) is 32.3 Å². The number of ether oxygens (including phenoxy) is 1. The van der Waals surface area contributed by atoms with Gasteiger partial charge in [-0.1, -0.05) is 18.2 Å². The number of hydrogen-bond acceptors (Lipinski definition) is 7. The van der Waals surface area contributed by atoms with E-state index in [2.05, 4.69) is 15.3 Å². The second kappa shape index (κ2) is 11.3. The van der Waals surface area contributed by atoms with E-state index >= 15 is 4.39 Å². The molecule has 0 radical (unpaired) electrons. The van der Waals surface area contributed by atoms with Crippen molar-refractivity contribution >= 4 is 22.8 Å². The summed E-state index contributed by atoms with van der Waals surface area (Å²) in [4.78, 5) is 37.2. The summed E-state index contributed by atoms with van der Waals surface area (Å²) < 4.78 is 62.9. The minimum Gasteiger partial charge on any atom is -0.444 e. The molecular formula is C31H37F4N5O4. The van der Waals surface area contributed by atoms with Crippen molar-refractivity contribution in [2.75, 3.05) is 25.1 Å². The second-order valence-electron chi connectivity index (χ2n) is 12.8. The minimum absolute atomic E-state index is 0.00291. The highest BCUT2D eigenvalue weighted by atomic mass is 19.3. The fourth-order valence-corrected chi connectivity index (χ4v) is 5.76. The lowest BCUT2D eigenvalue weighted by Crippen LogP contribution is -2.49. The number of amides is 1. The number of carbonyl (C=O) groups is 1. The molecule has 44 heavy (non-hydrogen) atoms. The Morgan fingerprint density at radius 1 is 1.14 bits per heavy atom. The van der Waals surface area contributed by atoms with Crippen molar-refractivity contribution in [3.05, 3.63) is 63.1 Å². The summed E-state index contributed by atoms with van der Waals surface area (Å²) >= 11 is 0. The zero-order chi connectivity index (χ0) is 32.2. The fourth-order valence-electron chi connectivity index (χ4n) is 5.76. The van der Waals surface area contributed by atoms with Gasteiger partial charge in [0.05, 0.1) is 33.6 Å². The SMILES string of the molecule is Cc1nc(N[C@H](C)c2cccc(C(F)F)c2F)c2cn(C3(CF)CC3)c(=O)c(C3(O)CCN(C(=O)OC(C)(C)C)CC3)c2n1. The van der Waals surface area contributed by atoms with Gasteiger partial charge in [0.1, 0.15) is 35.3 Å². The molecule has 2 N–H and O–H groups in total. The monoisotopic (exact) mass is 619 g/mol. The normalized spacial score (nSPS) is 18.4. The number of nitrogens with zero attached hydrogens (tertiary/aromatic N) is 4. The molecule has 1 saturated carbocycles. The van der Waals surface area contributed by atoms with E-state index in [1.165, 1.54) is 27.8 Å². The number of likely N-dealkylation sites (tertiary alicyclic amines) is 1. The largest absolute Gasteiger partial charge is 0.444 e. The number of carbonyl (C=O) groups excluding carboxylic acids is 1. The van der Waals surface area contributed by atoms with E-state index in [1.807, 2.05) is 0 Å². The van der Waals surface area contributed by atoms with Gasteiger partial charge in [0.25, 0.3) is 12.0 Å². The van der Waals surface area contributed by atoms with Gasteiger partial charge in [0, 0.05) is 24.8 Å². The van der Waals surface area contributed by atoms with Crippen molar-refractivity contribution in [2.45, 2.75) is 89.5 Å². The van der Waals surface area contributed by atoms with Crippen LogP contribution in [0.15, 0.2) is 29.2 Å². The van der Waals surface area contributed by atoms with Crippen molar-refractivity contribution in [1.29, 1.82) is 0 Å². The number of aromatic nitrogens is 3. The minimum atomic E-state index is -3.00. The lowest BCUT2D eigenvalue weighted by Gasteiger charge is -2.39. The number of anilines is 1. The Morgan fingerprint density at radius 3 is 2.34 bits per heavy atom. The van der Waals surface area contributed by atoms with Gasteiger partial charge >= 0.3 is 6.09 Å². The molecule has 1 amide bonds. The number of aliphatic hydroxyl groups is 1. The summed E-state index contributed by atoms with van der Waals surface area (Å²) in [7, 11) is 0. The number of aryl methyl sites for hydroxylation is 1. The molecule has 2 aromatic heterocycles. The maximum Gasteiger partial charge on any atom is 0.410 e. The number of nitrogens with one attached hydrogen (secondary N) is 1. The first-order valence-corrected chi connectivity index (χ1v) is 14.6. The van der Waals surface area contributed by atoms with Crippen LogP contribution in [0.2, 0.25) is 0 Å². The lowest BCUT2D eigenvalue weighted by atomic mass is 9.84. The highest BCUT2D eigenvalue weighted by Gasteiger charge is 2.48. The average molecular weight is 620 g/mol. The van der Waals surface area contributed by atoms with E-state index in [0.717, 1.165) is 6.07 Å². The molecular weight excluding hydrogens is 582 g/mol. The van der Waals surface area contributed by atoms with Crippen molar-refractivity contribution in [1.82, 2.24) is 19.4 Å². The standard InChI is InChI=1S/C31H37F4N5O4/c1-17(19-7-6-8-20(23(19)33)25(34)35)36-26-21-15-40(30(16-32)9-10-30)27(41)22(24(21)37-18(2)38-26)31(43)11-13-39(14-12-31)28(42)44-29(3,4)5/h6-8,15,17,25,43H,9-14,16H2,1-5H3,(H,36,37,38)/t17-/m1/s1. The number of pyridine rings is 1. The molecule has 238 valence electrons. The summed E-state index contributed by atoms with van der Waals surface area (Å²) in [5.74, 6) is -0.647. The number of alkyl halides is 3. The van der Waals surface area contributed by atoms with Crippen molar-refractivity contribution in [3.63, 3.8) is 0 Å². The molecule has 0 spiro atoms. The number of fused-ring (bicyclic) bond motifs is 1. The number of hydrogen-bond donors (Lipinski definition) is 2. The quantitative estimate of drug-likeness (QED) is 0.311. The number of piperidine rings is 1. The smallest absolute Gasteiger partial charge is 0.410 e. The lowest BCUT2D eigenvalue weighted by molar-refractivity contribution is -0.0359. The van der Waals surface area contributed by atoms with Crippen LogP contribution in [0.4, 0.5) is 28.2 Å². The van der Waals surface area contributed by atoms with Crippen LogP contribution in [0, 0.1) is 12.7 Å². The Morgan fingerprint density at radius 2 is 1.77 bits per heavy atom. The summed E-state index contributed by atoms with van der Waals surface area (Å²) in [6.07, 6.45) is -1.26. The van der Waals surface area contributed by atoms with Crippen LogP contribution >= 0.6 is 0 Å². The van der Waals surface area contributed by atoms with Crippen LogP contribution in [0.3, 0.4) is 0 Å². The summed E-state index contributed by atoms with van der Waals surface area (Å²) in [5.41, 5.74) is -4.75. The second-order valence-corrected chi connectivity index (χ2v) is 12.8. The van der Waals surface area contributed by atoms with E-state index in [0.29, 0.717) is 12.8 Å². The van der Waals surface area contributed by atoms with E-state index in [1.54, 1.807) is 34.6 Å². The first-order valence-electron chi connectivity index (χ1n) is 14.6. The van der Waals surface area contributed by atoms with E-state index in [9.17, 15) is 27.9 Å². The number of halogens is 4. The first-order chi connectivity index (χ1) is 20.6. The Kier molecular flexibility index (Phi) is 8.15. The molecule has 9 nitrogen and oxygen atoms in total. The molecule has 0 bridgehead atoms. The van der Waals surface area contributed by atoms with Gasteiger partial charge < -0.3 is 24.6 Å². The third-order valence-electron chi connectivity index (χ3n) is 8.39. The van der Waals surface area contributed by atoms with Crippen molar-refractivity contribution < 1.29 is 32.2 Å². The maximum atomic E-state index is 15.0. The van der Waals surface area contributed by atoms with Gasteiger partial charge in [-0.05, 0) is 60.3 Å². The molecule has 1 aliphatic carbocycles. The topological polar surface area (TPSA) is 110 Å². The van der Waals surface area contributed by atoms with Crippen LogP contribution in [-0.4, -0.2) is 56.0 Å². The van der Waals surface area contributed by atoms with E-state index in [4.69, 9.17) is 4.74 Å². The van der Waals surface area contributed by atoms with Gasteiger partial charge in [0.15, 0.2) is 0 Å². The Bertz CT molecular complexity index is 1640. The van der Waals surface area contributed by atoms with Crippen LogP contribution in [0.25, 0.3) is 10.9 Å². The van der Waals surface area contributed by atoms with E-state index < -0.39 is 58.9 Å². The van der Waals surface area contributed by atoms with Crippen molar-refractivity contribution in [2.24, 2.45) is 0 Å². The number of rotatable bonds is 7. The highest BCUT2D eigenvalue weighted by Crippen LogP contribution is 2.45. The zero-order valence-corrected chi connectivity index (χ0v) is 25.4. The predicted molar refractivity (Wildman–Crippen MR) is 156 cm³/mol. The third-order valence-corrected chi connectivity index (χ3v) is 8.39. The summed E-state index contributed by atoms with van der Waals surface area (Å²) in [6.45, 7) is 7.81. The molecule has 1 atom stereocenters. The summed E-state index contributed by atoms with van der Waals surface area (Å²) in [5, 5.41) is 15.4. The molecule has 2 aliphatic rings. The van der Waals surface area contributed by atoms with Gasteiger partial charge in [-0.15, -0.1) is 0 Å². The molecule has 3 heterocycles. The molecule has 1 aliphatic heterocycles. The Hall–Kier alpha value is -3.74. The fraction of sp³-hybridized carbons (Fsp3) is 0.548. The van der Waals surface area contributed by atoms with Crippen LogP contribution < -0.4 is 10.9 Å². The number of benzene rings is 1. The molecule has 1 saturated heterocycles. The highest BCUT2D eigenvalue weighted by molar-refractivity contribution is 5.91. The average Bonchev–Trinajstić information content (AvgIpc) is 3.73. The third kappa shape index (κ3) is 5.85. The Labute approximate surface area is 252 Å². The zero-order valence-electron chi connectivity index (χ0n) is 25.4. The van der Waals surface area contributed by atoms with Crippen LogP contribution in [0.5, 0.6) is 0 Å². The van der Waals surface area contributed by atoms with Crippen LogP contribution in [0.1, 0.15) is 88.4 Å². The molecule has 5 rings (SSSR count). The molecule has 13 heteroatoms. The van der Waals surface area contributed by atoms with Gasteiger partial charge in [-0.2, -0.15) is 0 Å². The maximum absolute atomic E-state index is 15.0. The van der Waals surface area contributed by atoms with Crippen LogP contribution in [-0.2, 0) is 15.9 Å². The van der Waals surface area contributed by atoms with Gasteiger partial charge in [0.2, 0.25) is 0 Å². The Balaban J connectivity index is 1.60. The molecule has 3 aromatic rings. The van der Waals surface area contributed by atoms with E-state index in [-0.39, 0.29) is 59.6 Å². The summed E-state index contributed by atoms with van der Waals surface area (Å²) in [6, 6.07) is 2.91. The molecule has 1 aromatic carbocycles.